The lowest BCUT2D eigenvalue weighted by Gasteiger charge is -2.55. The standard InChI is InChI=1S/C16H24N2/c1-13(14-5-7-15(17)8-6-14)18-11-16(12-18)9-3-2-4-10-16/h5-8,13H,2-4,9-12,17H2,1H3. The molecule has 1 unspecified atom stereocenters. The molecule has 1 aliphatic carbocycles. The normalized spacial score (nSPS) is 24.7. The van der Waals surface area contributed by atoms with Gasteiger partial charge < -0.3 is 5.73 Å². The lowest BCUT2D eigenvalue weighted by molar-refractivity contribution is -0.0517. The summed E-state index contributed by atoms with van der Waals surface area (Å²) < 4.78 is 0. The molecule has 0 bridgehead atoms. The van der Waals surface area contributed by atoms with Crippen molar-refractivity contribution in [1.82, 2.24) is 4.90 Å². The second-order valence-electron chi connectivity index (χ2n) is 6.31. The quantitative estimate of drug-likeness (QED) is 0.805. The zero-order valence-corrected chi connectivity index (χ0v) is 11.4. The van der Waals surface area contributed by atoms with Gasteiger partial charge in [-0.1, -0.05) is 31.4 Å². The van der Waals surface area contributed by atoms with E-state index < -0.39 is 0 Å². The van der Waals surface area contributed by atoms with Crippen LogP contribution in [0.1, 0.15) is 50.6 Å². The number of nitrogens with zero attached hydrogens (tertiary/aromatic N) is 1. The van der Waals surface area contributed by atoms with Crippen molar-refractivity contribution in [2.24, 2.45) is 5.41 Å². The van der Waals surface area contributed by atoms with E-state index in [-0.39, 0.29) is 0 Å². The second kappa shape index (κ2) is 4.58. The predicted octanol–water partition coefficient (Wildman–Crippen LogP) is 3.60. The van der Waals surface area contributed by atoms with Gasteiger partial charge in [0.2, 0.25) is 0 Å². The van der Waals surface area contributed by atoms with Crippen LogP contribution in [0.2, 0.25) is 0 Å². The summed E-state index contributed by atoms with van der Waals surface area (Å²) >= 11 is 0. The molecule has 1 aliphatic heterocycles. The van der Waals surface area contributed by atoms with Crippen molar-refractivity contribution in [2.45, 2.75) is 45.1 Å². The number of anilines is 1. The van der Waals surface area contributed by atoms with E-state index in [1.807, 2.05) is 12.1 Å². The molecule has 1 heterocycles. The molecule has 2 fully saturated rings. The molecule has 0 amide bonds. The van der Waals surface area contributed by atoms with E-state index in [0.717, 1.165) is 5.69 Å². The van der Waals surface area contributed by atoms with Crippen LogP contribution >= 0.6 is 0 Å². The van der Waals surface area contributed by atoms with E-state index in [0.29, 0.717) is 11.5 Å². The van der Waals surface area contributed by atoms with E-state index in [2.05, 4.69) is 24.0 Å². The molecule has 2 nitrogen and oxygen atoms in total. The van der Waals surface area contributed by atoms with Gasteiger partial charge in [-0.25, -0.2) is 0 Å². The number of hydrogen-bond donors (Lipinski definition) is 1. The van der Waals surface area contributed by atoms with Gasteiger partial charge >= 0.3 is 0 Å². The third kappa shape index (κ3) is 2.14. The lowest BCUT2D eigenvalue weighted by atomic mass is 9.68. The van der Waals surface area contributed by atoms with Crippen LogP contribution in [0.5, 0.6) is 0 Å². The zero-order valence-electron chi connectivity index (χ0n) is 11.4. The number of likely N-dealkylation sites (tertiary alicyclic amines) is 1. The first-order valence-electron chi connectivity index (χ1n) is 7.28. The van der Waals surface area contributed by atoms with Gasteiger partial charge in [0.15, 0.2) is 0 Å². The smallest absolute Gasteiger partial charge is 0.0320 e. The third-order valence-corrected chi connectivity index (χ3v) is 4.96. The molecular formula is C16H24N2. The first-order chi connectivity index (χ1) is 8.69. The Morgan fingerprint density at radius 1 is 1.06 bits per heavy atom. The second-order valence-corrected chi connectivity index (χ2v) is 6.31. The summed E-state index contributed by atoms with van der Waals surface area (Å²) in [5.74, 6) is 0. The molecule has 2 heteroatoms. The summed E-state index contributed by atoms with van der Waals surface area (Å²) in [6.45, 7) is 4.93. The third-order valence-electron chi connectivity index (χ3n) is 4.96. The van der Waals surface area contributed by atoms with Gasteiger partial charge in [0.1, 0.15) is 0 Å². The summed E-state index contributed by atoms with van der Waals surface area (Å²) in [5.41, 5.74) is 8.69. The van der Waals surface area contributed by atoms with Crippen molar-refractivity contribution in [2.75, 3.05) is 18.8 Å². The van der Waals surface area contributed by atoms with Crippen LogP contribution in [0.4, 0.5) is 5.69 Å². The number of benzene rings is 1. The van der Waals surface area contributed by atoms with E-state index in [1.165, 1.54) is 50.8 Å². The van der Waals surface area contributed by atoms with Crippen LogP contribution < -0.4 is 5.73 Å². The van der Waals surface area contributed by atoms with Crippen molar-refractivity contribution >= 4 is 5.69 Å². The molecule has 1 spiro atoms. The minimum absolute atomic E-state index is 0.540. The van der Waals surface area contributed by atoms with Crippen LogP contribution in [0, 0.1) is 5.41 Å². The molecule has 18 heavy (non-hydrogen) atoms. The van der Waals surface area contributed by atoms with Crippen LogP contribution in [-0.2, 0) is 0 Å². The molecular weight excluding hydrogens is 220 g/mol. The SMILES string of the molecule is CC(c1ccc(N)cc1)N1CC2(CCCCC2)C1. The molecule has 1 atom stereocenters. The summed E-state index contributed by atoms with van der Waals surface area (Å²) in [6.07, 6.45) is 7.26. The Kier molecular flexibility index (Phi) is 3.06. The monoisotopic (exact) mass is 244 g/mol. The topological polar surface area (TPSA) is 29.3 Å². The summed E-state index contributed by atoms with van der Waals surface area (Å²) in [7, 11) is 0. The molecule has 0 aromatic heterocycles. The molecule has 1 saturated heterocycles. The first kappa shape index (κ1) is 12.0. The molecule has 1 aromatic rings. The molecule has 98 valence electrons. The van der Waals surface area contributed by atoms with Crippen LogP contribution in [-0.4, -0.2) is 18.0 Å². The van der Waals surface area contributed by atoms with Gasteiger partial charge in [0, 0.05) is 24.8 Å². The van der Waals surface area contributed by atoms with Gasteiger partial charge in [-0.2, -0.15) is 0 Å². The maximum Gasteiger partial charge on any atom is 0.0320 e. The Hall–Kier alpha value is -1.02. The number of nitrogen functional groups attached to an aromatic ring is 1. The Morgan fingerprint density at radius 3 is 2.28 bits per heavy atom. The fourth-order valence-electron chi connectivity index (χ4n) is 3.69. The van der Waals surface area contributed by atoms with Gasteiger partial charge in [0.05, 0.1) is 0 Å². The molecule has 2 aliphatic rings. The number of nitrogens with two attached hydrogens (primary N) is 1. The molecule has 0 radical (unpaired) electrons. The van der Waals surface area contributed by atoms with Crippen molar-refractivity contribution < 1.29 is 0 Å². The summed E-state index contributed by atoms with van der Waals surface area (Å²) in [5, 5.41) is 0. The predicted molar refractivity (Wildman–Crippen MR) is 76.4 cm³/mol. The highest BCUT2D eigenvalue weighted by atomic mass is 15.2. The fraction of sp³-hybridized carbons (Fsp3) is 0.625. The van der Waals surface area contributed by atoms with E-state index in [4.69, 9.17) is 5.73 Å². The van der Waals surface area contributed by atoms with Crippen LogP contribution in [0.25, 0.3) is 0 Å². The summed E-state index contributed by atoms with van der Waals surface area (Å²) in [4.78, 5) is 2.62. The summed E-state index contributed by atoms with van der Waals surface area (Å²) in [6, 6.07) is 8.92. The van der Waals surface area contributed by atoms with Crippen LogP contribution in [0.3, 0.4) is 0 Å². The first-order valence-corrected chi connectivity index (χ1v) is 7.28. The average molecular weight is 244 g/mol. The largest absolute Gasteiger partial charge is 0.399 e. The zero-order chi connectivity index (χ0) is 12.6. The number of hydrogen-bond acceptors (Lipinski definition) is 2. The molecule has 2 N–H and O–H groups in total. The van der Waals surface area contributed by atoms with Gasteiger partial charge in [-0.15, -0.1) is 0 Å². The Bertz CT molecular complexity index is 396. The average Bonchev–Trinajstić information content (AvgIpc) is 2.37. The van der Waals surface area contributed by atoms with Crippen molar-refractivity contribution in [3.05, 3.63) is 29.8 Å². The lowest BCUT2D eigenvalue weighted by Crippen LogP contribution is -2.57. The maximum atomic E-state index is 5.75. The molecule has 1 saturated carbocycles. The highest BCUT2D eigenvalue weighted by Gasteiger charge is 2.44. The van der Waals surface area contributed by atoms with Gasteiger partial charge in [-0.3, -0.25) is 4.90 Å². The number of rotatable bonds is 2. The molecule has 1 aromatic carbocycles. The minimum atomic E-state index is 0.540. The fourth-order valence-corrected chi connectivity index (χ4v) is 3.69. The highest BCUT2D eigenvalue weighted by molar-refractivity contribution is 5.40. The Morgan fingerprint density at radius 2 is 1.67 bits per heavy atom. The van der Waals surface area contributed by atoms with E-state index >= 15 is 0 Å². The maximum absolute atomic E-state index is 5.75. The minimum Gasteiger partial charge on any atom is -0.399 e. The Balaban J connectivity index is 1.62. The van der Waals surface area contributed by atoms with Gasteiger partial charge in [0.25, 0.3) is 0 Å². The van der Waals surface area contributed by atoms with Crippen LogP contribution in [0.15, 0.2) is 24.3 Å². The van der Waals surface area contributed by atoms with E-state index in [9.17, 15) is 0 Å². The van der Waals surface area contributed by atoms with E-state index in [1.54, 1.807) is 0 Å². The van der Waals surface area contributed by atoms with Crippen molar-refractivity contribution in [3.8, 4) is 0 Å². The van der Waals surface area contributed by atoms with Crippen molar-refractivity contribution in [3.63, 3.8) is 0 Å². The van der Waals surface area contributed by atoms with Gasteiger partial charge in [-0.05, 0) is 42.9 Å². The highest BCUT2D eigenvalue weighted by Crippen LogP contribution is 2.46. The Labute approximate surface area is 110 Å². The molecule has 3 rings (SSSR count). The van der Waals surface area contributed by atoms with Crippen molar-refractivity contribution in [1.29, 1.82) is 0 Å².